The summed E-state index contributed by atoms with van der Waals surface area (Å²) in [5.74, 6) is -0.530. The number of ether oxygens (including phenoxy) is 1. The van der Waals surface area contributed by atoms with Gasteiger partial charge in [-0.05, 0) is 37.1 Å². The molecular formula is C14H19NO4. The molecule has 0 fully saturated rings. The van der Waals surface area contributed by atoms with Crippen molar-refractivity contribution in [3.63, 3.8) is 0 Å². The molecule has 0 saturated heterocycles. The predicted molar refractivity (Wildman–Crippen MR) is 70.8 cm³/mol. The Morgan fingerprint density at radius 1 is 1.21 bits per heavy atom. The van der Waals surface area contributed by atoms with Gasteiger partial charge < -0.3 is 15.2 Å². The van der Waals surface area contributed by atoms with E-state index < -0.39 is 5.97 Å². The summed E-state index contributed by atoms with van der Waals surface area (Å²) in [5.41, 5.74) is 0.294. The molecule has 5 nitrogen and oxygen atoms in total. The highest BCUT2D eigenvalue weighted by atomic mass is 16.5. The van der Waals surface area contributed by atoms with Crippen molar-refractivity contribution in [3.8, 4) is 5.75 Å². The summed E-state index contributed by atoms with van der Waals surface area (Å²) in [6.07, 6.45) is 0. The Kier molecular flexibility index (Phi) is 5.36. The number of hydrogen-bond acceptors (Lipinski definition) is 4. The lowest BCUT2D eigenvalue weighted by atomic mass is 10.1. The first-order chi connectivity index (χ1) is 8.90. The van der Waals surface area contributed by atoms with E-state index in [1.165, 1.54) is 24.3 Å². The number of benzene rings is 1. The Balaban J connectivity index is 2.42. The lowest BCUT2D eigenvalue weighted by Gasteiger charge is -2.17. The molecule has 2 N–H and O–H groups in total. The van der Waals surface area contributed by atoms with Crippen LogP contribution in [0.15, 0.2) is 24.3 Å². The van der Waals surface area contributed by atoms with E-state index in [1.807, 2.05) is 20.8 Å². The molecule has 0 bridgehead atoms. The molecule has 1 atom stereocenters. The van der Waals surface area contributed by atoms with Crippen LogP contribution in [0, 0.1) is 5.92 Å². The van der Waals surface area contributed by atoms with Gasteiger partial charge in [0.1, 0.15) is 5.75 Å². The minimum absolute atomic E-state index is 0.0277. The predicted octanol–water partition coefficient (Wildman–Crippen LogP) is 1.71. The first-order valence-corrected chi connectivity index (χ1v) is 6.15. The summed E-state index contributed by atoms with van der Waals surface area (Å²) in [7, 11) is 0. The molecule has 1 aromatic rings. The van der Waals surface area contributed by atoms with Gasteiger partial charge in [0.25, 0.3) is 5.91 Å². The zero-order chi connectivity index (χ0) is 14.4. The van der Waals surface area contributed by atoms with E-state index in [4.69, 9.17) is 9.84 Å². The molecule has 1 rings (SSSR count). The van der Waals surface area contributed by atoms with Crippen molar-refractivity contribution in [2.24, 2.45) is 5.92 Å². The highest BCUT2D eigenvalue weighted by Crippen LogP contribution is 2.10. The van der Waals surface area contributed by atoms with Gasteiger partial charge in [-0.15, -0.1) is 0 Å². The first kappa shape index (κ1) is 15.0. The number of rotatable bonds is 5. The smallest absolute Gasteiger partial charge is 0.338 e. The first-order valence-electron chi connectivity index (χ1n) is 6.15. The normalized spacial score (nSPS) is 12.0. The molecule has 19 heavy (non-hydrogen) atoms. The molecule has 0 aliphatic heterocycles. The third-order valence-corrected chi connectivity index (χ3v) is 2.83. The Bertz CT molecular complexity index is 439. The minimum atomic E-state index is -0.590. The van der Waals surface area contributed by atoms with E-state index in [0.717, 1.165) is 0 Å². The van der Waals surface area contributed by atoms with Crippen LogP contribution in [0.4, 0.5) is 0 Å². The van der Waals surface area contributed by atoms with Crippen LogP contribution in [0.3, 0.4) is 0 Å². The molecule has 0 unspecified atom stereocenters. The average molecular weight is 265 g/mol. The fourth-order valence-electron chi connectivity index (χ4n) is 1.27. The van der Waals surface area contributed by atoms with Gasteiger partial charge in [-0.1, -0.05) is 13.8 Å². The highest BCUT2D eigenvalue weighted by Gasteiger charge is 2.13. The van der Waals surface area contributed by atoms with Crippen molar-refractivity contribution in [3.05, 3.63) is 29.8 Å². The number of esters is 1. The largest absolute Gasteiger partial charge is 0.508 e. The summed E-state index contributed by atoms with van der Waals surface area (Å²) in [5, 5.41) is 11.8. The zero-order valence-corrected chi connectivity index (χ0v) is 11.3. The summed E-state index contributed by atoms with van der Waals surface area (Å²) in [4.78, 5) is 23.1. The number of hydrogen-bond donors (Lipinski definition) is 2. The van der Waals surface area contributed by atoms with Gasteiger partial charge >= 0.3 is 5.97 Å². The summed E-state index contributed by atoms with van der Waals surface area (Å²) < 4.78 is 4.88. The minimum Gasteiger partial charge on any atom is -0.508 e. The maximum atomic E-state index is 11.6. The maximum Gasteiger partial charge on any atom is 0.338 e. The van der Waals surface area contributed by atoms with Gasteiger partial charge in [0.05, 0.1) is 5.56 Å². The van der Waals surface area contributed by atoms with Gasteiger partial charge in [-0.25, -0.2) is 4.79 Å². The molecule has 0 saturated carbocycles. The fourth-order valence-corrected chi connectivity index (χ4v) is 1.27. The van der Waals surface area contributed by atoms with Crippen molar-refractivity contribution >= 4 is 11.9 Å². The Hall–Kier alpha value is -2.04. The standard InChI is InChI=1S/C14H19NO4/c1-9(2)10(3)15-13(17)8-19-14(18)11-4-6-12(16)7-5-11/h4-7,9-10,16H,8H2,1-3H3,(H,15,17)/t10-/m1/s1. The van der Waals surface area contributed by atoms with E-state index in [1.54, 1.807) is 0 Å². The van der Waals surface area contributed by atoms with E-state index in [2.05, 4.69) is 5.32 Å². The van der Waals surface area contributed by atoms with Crippen LogP contribution in [0.1, 0.15) is 31.1 Å². The molecule has 0 aliphatic carbocycles. The topological polar surface area (TPSA) is 75.6 Å². The van der Waals surface area contributed by atoms with E-state index in [0.29, 0.717) is 11.5 Å². The van der Waals surface area contributed by atoms with Crippen LogP contribution < -0.4 is 5.32 Å². The summed E-state index contributed by atoms with van der Waals surface area (Å²) in [6.45, 7) is 5.57. The van der Waals surface area contributed by atoms with Crippen LogP contribution in [0.5, 0.6) is 5.75 Å². The second-order valence-electron chi connectivity index (χ2n) is 4.72. The fraction of sp³-hybridized carbons (Fsp3) is 0.429. The monoisotopic (exact) mass is 265 g/mol. The molecule has 0 heterocycles. The number of amides is 1. The van der Waals surface area contributed by atoms with Crippen LogP contribution >= 0.6 is 0 Å². The Morgan fingerprint density at radius 3 is 2.32 bits per heavy atom. The van der Waals surface area contributed by atoms with Gasteiger partial charge in [0.2, 0.25) is 0 Å². The van der Waals surface area contributed by atoms with Crippen molar-refractivity contribution in [1.29, 1.82) is 0 Å². The molecule has 0 aromatic heterocycles. The molecule has 0 radical (unpaired) electrons. The Morgan fingerprint density at radius 2 is 1.79 bits per heavy atom. The van der Waals surface area contributed by atoms with Crippen LogP contribution in [-0.4, -0.2) is 29.6 Å². The molecule has 1 aromatic carbocycles. The van der Waals surface area contributed by atoms with Crippen LogP contribution in [-0.2, 0) is 9.53 Å². The van der Waals surface area contributed by atoms with E-state index in [-0.39, 0.29) is 24.3 Å². The Labute approximate surface area is 112 Å². The summed E-state index contributed by atoms with van der Waals surface area (Å²) >= 11 is 0. The van der Waals surface area contributed by atoms with Gasteiger partial charge in [-0.2, -0.15) is 0 Å². The number of phenolic OH excluding ortho intramolecular Hbond substituents is 1. The molecule has 1 amide bonds. The SMILES string of the molecule is CC(C)[C@@H](C)NC(=O)COC(=O)c1ccc(O)cc1. The van der Waals surface area contributed by atoms with E-state index >= 15 is 0 Å². The second-order valence-corrected chi connectivity index (χ2v) is 4.72. The summed E-state index contributed by atoms with van der Waals surface area (Å²) in [6, 6.07) is 5.67. The number of carbonyl (C=O) groups excluding carboxylic acids is 2. The molecule has 0 spiro atoms. The van der Waals surface area contributed by atoms with Gasteiger partial charge in [0.15, 0.2) is 6.61 Å². The third kappa shape index (κ3) is 4.99. The molecular weight excluding hydrogens is 246 g/mol. The van der Waals surface area contributed by atoms with Crippen LogP contribution in [0.2, 0.25) is 0 Å². The van der Waals surface area contributed by atoms with Crippen molar-refractivity contribution < 1.29 is 19.4 Å². The van der Waals surface area contributed by atoms with Crippen molar-refractivity contribution in [2.45, 2.75) is 26.8 Å². The molecule has 104 valence electrons. The number of carbonyl (C=O) groups is 2. The lowest BCUT2D eigenvalue weighted by Crippen LogP contribution is -2.38. The quantitative estimate of drug-likeness (QED) is 0.795. The van der Waals surface area contributed by atoms with Crippen molar-refractivity contribution in [1.82, 2.24) is 5.32 Å². The average Bonchev–Trinajstić information content (AvgIpc) is 2.36. The molecule has 5 heteroatoms. The highest BCUT2D eigenvalue weighted by molar-refractivity contribution is 5.91. The van der Waals surface area contributed by atoms with Crippen LogP contribution in [0.25, 0.3) is 0 Å². The molecule has 0 aliphatic rings. The number of nitrogens with one attached hydrogen (secondary N) is 1. The van der Waals surface area contributed by atoms with Crippen molar-refractivity contribution in [2.75, 3.05) is 6.61 Å². The maximum absolute atomic E-state index is 11.6. The second kappa shape index (κ2) is 6.78. The zero-order valence-electron chi connectivity index (χ0n) is 11.3. The van der Waals surface area contributed by atoms with Gasteiger partial charge in [-0.3, -0.25) is 4.79 Å². The van der Waals surface area contributed by atoms with Gasteiger partial charge in [0, 0.05) is 6.04 Å². The van der Waals surface area contributed by atoms with E-state index in [9.17, 15) is 9.59 Å². The number of aromatic hydroxyl groups is 1. The lowest BCUT2D eigenvalue weighted by molar-refractivity contribution is -0.125. The third-order valence-electron chi connectivity index (χ3n) is 2.83. The number of phenols is 1.